The summed E-state index contributed by atoms with van der Waals surface area (Å²) in [5.41, 5.74) is 3.21. The zero-order valence-electron chi connectivity index (χ0n) is 15.3. The summed E-state index contributed by atoms with van der Waals surface area (Å²) in [4.78, 5) is 12.6. The summed E-state index contributed by atoms with van der Waals surface area (Å²) < 4.78 is 2.15. The molecule has 0 spiro atoms. The molecule has 0 atom stereocenters. The SMILES string of the molecule is C=CCn1c(C)c(C=C(C#N)C(=O)NC2CCCCC2)c2ccccc21. The molecule has 0 bridgehead atoms. The number of allylic oxidation sites excluding steroid dienone is 1. The molecule has 1 aliphatic carbocycles. The molecule has 0 unspecified atom stereocenters. The molecule has 1 fully saturated rings. The van der Waals surface area contributed by atoms with Gasteiger partial charge in [-0.1, -0.05) is 43.5 Å². The first kappa shape index (κ1) is 18.0. The van der Waals surface area contributed by atoms with Gasteiger partial charge in [0.1, 0.15) is 11.6 Å². The Kier molecular flexibility index (Phi) is 5.58. The average molecular weight is 347 g/mol. The van der Waals surface area contributed by atoms with Crippen molar-refractivity contribution in [3.8, 4) is 6.07 Å². The van der Waals surface area contributed by atoms with Crippen LogP contribution >= 0.6 is 0 Å². The zero-order valence-corrected chi connectivity index (χ0v) is 15.3. The summed E-state index contributed by atoms with van der Waals surface area (Å²) in [7, 11) is 0. The number of nitrogens with zero attached hydrogens (tertiary/aromatic N) is 2. The van der Waals surface area contributed by atoms with Crippen LogP contribution in [0.5, 0.6) is 0 Å². The highest BCUT2D eigenvalue weighted by Gasteiger charge is 2.19. The van der Waals surface area contributed by atoms with E-state index >= 15 is 0 Å². The van der Waals surface area contributed by atoms with Gasteiger partial charge in [0, 0.05) is 34.7 Å². The van der Waals surface area contributed by atoms with Crippen molar-refractivity contribution in [1.82, 2.24) is 9.88 Å². The van der Waals surface area contributed by atoms with Gasteiger partial charge in [-0.25, -0.2) is 0 Å². The molecule has 1 aromatic carbocycles. The van der Waals surface area contributed by atoms with Crippen LogP contribution in [0.2, 0.25) is 0 Å². The highest BCUT2D eigenvalue weighted by Crippen LogP contribution is 2.28. The van der Waals surface area contributed by atoms with Crippen LogP contribution < -0.4 is 5.32 Å². The van der Waals surface area contributed by atoms with Crippen molar-refractivity contribution < 1.29 is 4.79 Å². The monoisotopic (exact) mass is 347 g/mol. The Morgan fingerprint density at radius 2 is 2.08 bits per heavy atom. The number of hydrogen-bond acceptors (Lipinski definition) is 2. The predicted molar refractivity (Wildman–Crippen MR) is 105 cm³/mol. The Morgan fingerprint density at radius 3 is 2.77 bits per heavy atom. The maximum absolute atomic E-state index is 12.6. The van der Waals surface area contributed by atoms with Gasteiger partial charge in [-0.3, -0.25) is 4.79 Å². The molecule has 1 saturated carbocycles. The molecule has 4 heteroatoms. The minimum atomic E-state index is -0.264. The number of benzene rings is 1. The van der Waals surface area contributed by atoms with Gasteiger partial charge in [-0.05, 0) is 31.9 Å². The van der Waals surface area contributed by atoms with Gasteiger partial charge in [0.2, 0.25) is 0 Å². The topological polar surface area (TPSA) is 57.8 Å². The Morgan fingerprint density at radius 1 is 1.35 bits per heavy atom. The van der Waals surface area contributed by atoms with E-state index in [0.717, 1.165) is 47.8 Å². The lowest BCUT2D eigenvalue weighted by Crippen LogP contribution is -2.36. The summed E-state index contributed by atoms with van der Waals surface area (Å²) in [6.45, 7) is 6.54. The minimum absolute atomic E-state index is 0.167. The van der Waals surface area contributed by atoms with Crippen molar-refractivity contribution in [3.63, 3.8) is 0 Å². The van der Waals surface area contributed by atoms with Crippen molar-refractivity contribution >= 4 is 22.9 Å². The second-order valence-corrected chi connectivity index (χ2v) is 6.89. The first-order chi connectivity index (χ1) is 12.7. The lowest BCUT2D eigenvalue weighted by Gasteiger charge is -2.22. The third-order valence-electron chi connectivity index (χ3n) is 5.19. The quantitative estimate of drug-likeness (QED) is 0.492. The van der Waals surface area contributed by atoms with E-state index in [4.69, 9.17) is 0 Å². The van der Waals surface area contributed by atoms with E-state index in [1.165, 1.54) is 6.42 Å². The number of carbonyl (C=O) groups excluding carboxylic acids is 1. The molecule has 1 aliphatic rings. The van der Waals surface area contributed by atoms with Crippen LogP contribution in [0.15, 0.2) is 42.5 Å². The van der Waals surface area contributed by atoms with Crippen LogP contribution in [-0.4, -0.2) is 16.5 Å². The van der Waals surface area contributed by atoms with E-state index < -0.39 is 0 Å². The smallest absolute Gasteiger partial charge is 0.262 e. The number of aromatic nitrogens is 1. The van der Waals surface area contributed by atoms with E-state index in [1.54, 1.807) is 6.08 Å². The Labute approximate surface area is 154 Å². The molecule has 2 aromatic rings. The first-order valence-electron chi connectivity index (χ1n) is 9.27. The van der Waals surface area contributed by atoms with Gasteiger partial charge in [-0.2, -0.15) is 5.26 Å². The summed E-state index contributed by atoms with van der Waals surface area (Å²) in [5.74, 6) is -0.264. The minimum Gasteiger partial charge on any atom is -0.349 e. The van der Waals surface area contributed by atoms with E-state index in [2.05, 4.69) is 28.6 Å². The number of nitriles is 1. The summed E-state index contributed by atoms with van der Waals surface area (Å²) in [6.07, 6.45) is 9.11. The van der Waals surface area contributed by atoms with Gasteiger partial charge in [-0.15, -0.1) is 6.58 Å². The molecule has 3 rings (SSSR count). The number of carbonyl (C=O) groups is 1. The van der Waals surface area contributed by atoms with Crippen molar-refractivity contribution in [3.05, 3.63) is 53.8 Å². The Balaban J connectivity index is 1.96. The molecule has 0 saturated heterocycles. The van der Waals surface area contributed by atoms with Crippen LogP contribution in [-0.2, 0) is 11.3 Å². The molecular formula is C22H25N3O. The van der Waals surface area contributed by atoms with Crippen LogP contribution in [0.3, 0.4) is 0 Å². The van der Waals surface area contributed by atoms with E-state index in [-0.39, 0.29) is 17.5 Å². The molecule has 1 heterocycles. The summed E-state index contributed by atoms with van der Waals surface area (Å²) >= 11 is 0. The van der Waals surface area contributed by atoms with Crippen molar-refractivity contribution in [1.29, 1.82) is 5.26 Å². The third kappa shape index (κ3) is 3.57. The maximum Gasteiger partial charge on any atom is 0.262 e. The van der Waals surface area contributed by atoms with Gasteiger partial charge in [0.25, 0.3) is 5.91 Å². The van der Waals surface area contributed by atoms with Crippen LogP contribution in [0, 0.1) is 18.3 Å². The average Bonchev–Trinajstić information content (AvgIpc) is 2.92. The molecule has 134 valence electrons. The van der Waals surface area contributed by atoms with Crippen molar-refractivity contribution in [2.45, 2.75) is 51.6 Å². The lowest BCUT2D eigenvalue weighted by atomic mass is 9.95. The molecule has 1 aromatic heterocycles. The number of rotatable bonds is 5. The maximum atomic E-state index is 12.6. The van der Waals surface area contributed by atoms with Gasteiger partial charge in [0.05, 0.1) is 0 Å². The highest BCUT2D eigenvalue weighted by molar-refractivity contribution is 6.04. The number of nitrogens with one attached hydrogen (secondary N) is 1. The molecule has 1 N–H and O–H groups in total. The predicted octanol–water partition coefficient (Wildman–Crippen LogP) is 4.49. The second-order valence-electron chi connectivity index (χ2n) is 6.89. The lowest BCUT2D eigenvalue weighted by molar-refractivity contribution is -0.117. The van der Waals surface area contributed by atoms with Crippen molar-refractivity contribution in [2.75, 3.05) is 0 Å². The fraction of sp³-hybridized carbons (Fsp3) is 0.364. The Hall–Kier alpha value is -2.80. The fourth-order valence-corrected chi connectivity index (χ4v) is 3.81. The molecule has 0 radical (unpaired) electrons. The fourth-order valence-electron chi connectivity index (χ4n) is 3.81. The normalized spacial score (nSPS) is 15.6. The number of para-hydroxylation sites is 1. The van der Waals surface area contributed by atoms with Gasteiger partial charge >= 0.3 is 0 Å². The van der Waals surface area contributed by atoms with Crippen LogP contribution in [0.1, 0.15) is 43.4 Å². The van der Waals surface area contributed by atoms with Crippen molar-refractivity contribution in [2.24, 2.45) is 0 Å². The van der Waals surface area contributed by atoms with E-state index in [9.17, 15) is 10.1 Å². The van der Waals surface area contributed by atoms with Crippen LogP contribution in [0.25, 0.3) is 17.0 Å². The molecule has 4 nitrogen and oxygen atoms in total. The first-order valence-corrected chi connectivity index (χ1v) is 9.27. The number of hydrogen-bond donors (Lipinski definition) is 1. The zero-order chi connectivity index (χ0) is 18.5. The third-order valence-corrected chi connectivity index (χ3v) is 5.19. The second kappa shape index (κ2) is 8.05. The van der Waals surface area contributed by atoms with E-state index in [0.29, 0.717) is 6.54 Å². The number of amides is 1. The summed E-state index contributed by atoms with van der Waals surface area (Å²) in [5, 5.41) is 13.6. The Bertz CT molecular complexity index is 892. The highest BCUT2D eigenvalue weighted by atomic mass is 16.1. The largest absolute Gasteiger partial charge is 0.349 e. The van der Waals surface area contributed by atoms with E-state index in [1.807, 2.05) is 31.2 Å². The molecule has 0 aliphatic heterocycles. The molecule has 1 amide bonds. The standard InChI is InChI=1S/C22H25N3O/c1-3-13-25-16(2)20(19-11-7-8-12-21(19)25)14-17(15-23)22(26)24-18-9-5-4-6-10-18/h3,7-8,11-12,14,18H,1,4-6,9-10,13H2,2H3,(H,24,26). The van der Waals surface area contributed by atoms with Gasteiger partial charge < -0.3 is 9.88 Å². The summed E-state index contributed by atoms with van der Waals surface area (Å²) in [6, 6.07) is 10.3. The number of fused-ring (bicyclic) bond motifs is 1. The molecular weight excluding hydrogens is 322 g/mol. The molecule has 26 heavy (non-hydrogen) atoms. The van der Waals surface area contributed by atoms with Gasteiger partial charge in [0.15, 0.2) is 0 Å². The van der Waals surface area contributed by atoms with Crippen LogP contribution in [0.4, 0.5) is 0 Å².